The van der Waals surface area contributed by atoms with Gasteiger partial charge < -0.3 is 5.11 Å². The Morgan fingerprint density at radius 2 is 0.677 bits per heavy atom. The van der Waals surface area contributed by atoms with Crippen LogP contribution in [0, 0.1) is 116 Å². The summed E-state index contributed by atoms with van der Waals surface area (Å²) in [6.07, 6.45) is -5.41. The SMILES string of the molecule is Fc1c(F)c(F)c([B-](c2c(F)c(F)c(F)c(F)c2F)(c2c(F)c(F)c(F)c(F)c2F)c2c(F)c(F)c(F)c(F)c2F)c(F)c1F.O=C(C[n+]1cccc2cccc(O)c21)c1ccccc1. The van der Waals surface area contributed by atoms with Crippen LogP contribution in [0.2, 0.25) is 0 Å². The van der Waals surface area contributed by atoms with Crippen LogP contribution in [0.15, 0.2) is 66.9 Å². The first kappa shape index (κ1) is 47.3. The van der Waals surface area contributed by atoms with E-state index in [-0.39, 0.29) is 18.1 Å². The standard InChI is InChI=1S/C24BF20.C17H13NO2/c26-5-1(6(27)14(35)21(42)13(5)34)25(2-7(28)15(36)22(43)16(37)8(2)29,3-9(30)17(38)23(44)18(39)10(3)31)4-11(32)19(40)24(45)20(41)12(4)33;19-15-10-4-8-14-9-5-11-18(17(14)15)12-16(20)13-6-2-1-3-7-13/h;1-11H,12H2/q-1;/p+1. The molecule has 1 aromatic heterocycles. The van der Waals surface area contributed by atoms with Crippen molar-refractivity contribution in [1.82, 2.24) is 0 Å². The zero-order valence-electron chi connectivity index (χ0n) is 31.0. The first-order valence-electron chi connectivity index (χ1n) is 17.4. The molecular formula is C41H14BF20NO2. The van der Waals surface area contributed by atoms with Gasteiger partial charge in [-0.1, -0.05) is 36.4 Å². The lowest BCUT2D eigenvalue weighted by Crippen LogP contribution is -2.81. The first-order chi connectivity index (χ1) is 30.5. The van der Waals surface area contributed by atoms with Gasteiger partial charge in [0.2, 0.25) is 12.3 Å². The molecule has 24 heteroatoms. The van der Waals surface area contributed by atoms with Gasteiger partial charge in [0.15, 0.2) is 81.8 Å². The molecule has 7 aromatic rings. The molecular weight excluding hydrogens is 929 g/mol. The van der Waals surface area contributed by atoms with Gasteiger partial charge in [0.1, 0.15) is 52.7 Å². The number of fused-ring (bicyclic) bond motifs is 1. The molecule has 338 valence electrons. The lowest BCUT2D eigenvalue weighted by Gasteiger charge is -2.44. The minimum absolute atomic E-state index is 0.0198. The van der Waals surface area contributed by atoms with Crippen molar-refractivity contribution >= 4 is 44.7 Å². The van der Waals surface area contributed by atoms with E-state index < -0.39 is 144 Å². The van der Waals surface area contributed by atoms with Crippen LogP contribution in [0.5, 0.6) is 5.75 Å². The fourth-order valence-electron chi connectivity index (χ4n) is 7.20. The van der Waals surface area contributed by atoms with Crippen LogP contribution in [0.3, 0.4) is 0 Å². The Hall–Kier alpha value is -7.14. The minimum atomic E-state index is -7.22. The van der Waals surface area contributed by atoms with Gasteiger partial charge in [-0.25, -0.2) is 87.8 Å². The van der Waals surface area contributed by atoms with Crippen LogP contribution in [-0.4, -0.2) is 17.0 Å². The number of carbonyl (C=O) groups is 1. The van der Waals surface area contributed by atoms with Gasteiger partial charge in [-0.3, -0.25) is 4.79 Å². The number of Topliss-reactive ketones (excluding diaryl/α,β-unsaturated/α-hetero) is 1. The molecule has 0 radical (unpaired) electrons. The molecule has 0 aliphatic heterocycles. The fourth-order valence-corrected chi connectivity index (χ4v) is 7.20. The van der Waals surface area contributed by atoms with Crippen LogP contribution in [0.25, 0.3) is 10.9 Å². The van der Waals surface area contributed by atoms with Crippen molar-refractivity contribution in [2.75, 3.05) is 0 Å². The maximum Gasteiger partial charge on any atom is 0.255 e. The number of benzene rings is 6. The van der Waals surface area contributed by atoms with E-state index in [1.54, 1.807) is 28.8 Å². The predicted octanol–water partition coefficient (Wildman–Crippen LogP) is 8.56. The summed E-state index contributed by atoms with van der Waals surface area (Å²) >= 11 is 0. The van der Waals surface area contributed by atoms with E-state index in [2.05, 4.69) is 0 Å². The molecule has 0 bridgehead atoms. The summed E-state index contributed by atoms with van der Waals surface area (Å²) < 4.78 is 296. The van der Waals surface area contributed by atoms with Crippen molar-refractivity contribution in [3.63, 3.8) is 0 Å². The van der Waals surface area contributed by atoms with Gasteiger partial charge in [0.05, 0.1) is 5.39 Å². The molecule has 6 aromatic carbocycles. The molecule has 65 heavy (non-hydrogen) atoms. The Labute approximate surface area is 347 Å². The summed E-state index contributed by atoms with van der Waals surface area (Å²) in [5, 5.41) is 10.9. The van der Waals surface area contributed by atoms with Crippen molar-refractivity contribution in [3.05, 3.63) is 189 Å². The first-order valence-corrected chi connectivity index (χ1v) is 17.4. The summed E-state index contributed by atoms with van der Waals surface area (Å²) in [7, 11) is 0. The van der Waals surface area contributed by atoms with Crippen LogP contribution in [-0.2, 0) is 6.54 Å². The van der Waals surface area contributed by atoms with E-state index in [1.165, 1.54) is 0 Å². The largest absolute Gasteiger partial charge is 0.502 e. The maximum absolute atomic E-state index is 15.4. The number of phenolic OH excluding ortho intramolecular Hbond substituents is 1. The number of phenols is 1. The van der Waals surface area contributed by atoms with E-state index in [0.717, 1.165) is 5.39 Å². The lowest BCUT2D eigenvalue weighted by molar-refractivity contribution is -0.657. The van der Waals surface area contributed by atoms with Crippen LogP contribution in [0.1, 0.15) is 10.4 Å². The molecule has 0 spiro atoms. The number of hydrogen-bond donors (Lipinski definition) is 1. The van der Waals surface area contributed by atoms with Crippen molar-refractivity contribution < 1.29 is 102 Å². The molecule has 0 atom stereocenters. The topological polar surface area (TPSA) is 41.2 Å². The van der Waals surface area contributed by atoms with Crippen LogP contribution < -0.4 is 26.4 Å². The van der Waals surface area contributed by atoms with E-state index in [0.29, 0.717) is 11.1 Å². The second kappa shape index (κ2) is 17.4. The van der Waals surface area contributed by atoms with E-state index in [1.807, 2.05) is 42.6 Å². The number of hydrogen-bond acceptors (Lipinski definition) is 2. The molecule has 3 nitrogen and oxygen atoms in total. The van der Waals surface area contributed by atoms with E-state index in [4.69, 9.17) is 0 Å². The molecule has 0 aliphatic rings. The third kappa shape index (κ3) is 7.33. The third-order valence-corrected chi connectivity index (χ3v) is 9.99. The molecule has 0 fully saturated rings. The molecule has 1 N–H and O–H groups in total. The van der Waals surface area contributed by atoms with E-state index >= 15 is 35.1 Å². The van der Waals surface area contributed by atoms with Gasteiger partial charge in [-0.05, 0) is 18.2 Å². The van der Waals surface area contributed by atoms with Crippen LogP contribution in [0.4, 0.5) is 87.8 Å². The zero-order valence-corrected chi connectivity index (χ0v) is 31.0. The Bertz CT molecular complexity index is 2730. The molecule has 7 rings (SSSR count). The smallest absolute Gasteiger partial charge is 0.255 e. The highest BCUT2D eigenvalue weighted by Gasteiger charge is 2.52. The highest BCUT2D eigenvalue weighted by Crippen LogP contribution is 2.31. The zero-order chi connectivity index (χ0) is 48.3. The second-order valence-corrected chi connectivity index (χ2v) is 13.4. The normalized spacial score (nSPS) is 11.6. The summed E-state index contributed by atoms with van der Waals surface area (Å²) in [6.45, 7) is 0.207. The highest BCUT2D eigenvalue weighted by atomic mass is 19.2. The number of nitrogens with zero attached hydrogens (tertiary/aromatic N) is 1. The minimum Gasteiger partial charge on any atom is -0.502 e. The van der Waals surface area contributed by atoms with Gasteiger partial charge in [-0.2, -0.15) is 4.57 Å². The van der Waals surface area contributed by atoms with Gasteiger partial charge in [0, 0.05) is 11.6 Å². The Morgan fingerprint density at radius 3 is 1.00 bits per heavy atom. The number of rotatable bonds is 7. The number of carbonyl (C=O) groups excluding carboxylic acids is 1. The molecule has 0 saturated heterocycles. The van der Waals surface area contributed by atoms with Crippen molar-refractivity contribution in [2.45, 2.75) is 6.54 Å². The van der Waals surface area contributed by atoms with Gasteiger partial charge in [0.25, 0.3) is 5.52 Å². The number of pyridine rings is 1. The highest BCUT2D eigenvalue weighted by molar-refractivity contribution is 7.20. The molecule has 0 unspecified atom stereocenters. The number of para-hydroxylation sites is 1. The molecule has 0 aliphatic carbocycles. The fraction of sp³-hybridized carbons (Fsp3) is 0.0244. The monoisotopic (exact) mass is 943 g/mol. The average molecular weight is 943 g/mol. The van der Waals surface area contributed by atoms with Crippen molar-refractivity contribution in [1.29, 1.82) is 0 Å². The predicted molar refractivity (Wildman–Crippen MR) is 186 cm³/mol. The molecule has 0 saturated carbocycles. The Morgan fingerprint density at radius 1 is 0.385 bits per heavy atom. The number of aromatic hydroxyl groups is 1. The molecule has 1 heterocycles. The summed E-state index contributed by atoms with van der Waals surface area (Å²) in [6, 6.07) is 18.3. The van der Waals surface area contributed by atoms with Crippen molar-refractivity contribution in [3.8, 4) is 5.75 Å². The Kier molecular flexibility index (Phi) is 12.7. The maximum atomic E-state index is 15.4. The van der Waals surface area contributed by atoms with Gasteiger partial charge >= 0.3 is 0 Å². The van der Waals surface area contributed by atoms with Crippen LogP contribution >= 0.6 is 0 Å². The van der Waals surface area contributed by atoms with Gasteiger partial charge in [-0.15, -0.1) is 21.9 Å². The van der Waals surface area contributed by atoms with Crippen molar-refractivity contribution in [2.24, 2.45) is 0 Å². The van der Waals surface area contributed by atoms with E-state index in [9.17, 15) is 62.6 Å². The summed E-state index contributed by atoms with van der Waals surface area (Å²) in [4.78, 5) is 12.3. The summed E-state index contributed by atoms with van der Waals surface area (Å²) in [5.41, 5.74) is -13.0. The summed E-state index contributed by atoms with van der Waals surface area (Å²) in [5.74, 6) is -71.2. The third-order valence-electron chi connectivity index (χ3n) is 9.99. The average Bonchev–Trinajstić information content (AvgIpc) is 3.29. The number of aromatic nitrogens is 1. The Balaban J connectivity index is 0.000000289. The lowest BCUT2D eigenvalue weighted by atomic mass is 9.12. The quantitative estimate of drug-likeness (QED) is 0.0435. The number of halogens is 20. The molecule has 0 amide bonds. The number of ketones is 1. The second-order valence-electron chi connectivity index (χ2n) is 13.4.